The molecular weight excluding hydrogens is 506 g/mol. The lowest BCUT2D eigenvalue weighted by atomic mass is 9.86. The highest BCUT2D eigenvalue weighted by Gasteiger charge is 2.22. The topological polar surface area (TPSA) is 111 Å². The monoisotopic (exact) mass is 539 g/mol. The van der Waals surface area contributed by atoms with Crippen LogP contribution in [0.4, 0.5) is 0 Å². The van der Waals surface area contributed by atoms with E-state index >= 15 is 0 Å². The van der Waals surface area contributed by atoms with Gasteiger partial charge in [0, 0.05) is 35.5 Å². The smallest absolute Gasteiger partial charge is 0.326 e. The average Bonchev–Trinajstić information content (AvgIpc) is 2.96. The van der Waals surface area contributed by atoms with Crippen LogP contribution in [0.1, 0.15) is 42.3 Å². The highest BCUT2D eigenvalue weighted by molar-refractivity contribution is 5.96. The molecule has 2 N–H and O–H groups in total. The highest BCUT2D eigenvalue weighted by atomic mass is 16.5. The number of carboxylic acid groups (broad SMARTS) is 1. The number of rotatable bonds is 9. The fourth-order valence-corrected chi connectivity index (χ4v) is 4.23. The number of nitrogens with one attached hydrogen (secondary N) is 1. The van der Waals surface area contributed by atoms with Gasteiger partial charge < -0.3 is 19.9 Å². The fourth-order valence-electron chi connectivity index (χ4n) is 4.23. The number of aliphatic carboxylic acids is 1. The molecule has 1 aromatic heterocycles. The molecular formula is C32H33N3O5. The number of ether oxygens (including phenoxy) is 2. The van der Waals surface area contributed by atoms with Gasteiger partial charge in [-0.3, -0.25) is 4.79 Å². The van der Waals surface area contributed by atoms with Gasteiger partial charge in [-0.25, -0.2) is 14.8 Å². The van der Waals surface area contributed by atoms with E-state index in [2.05, 4.69) is 36.1 Å². The van der Waals surface area contributed by atoms with Crippen LogP contribution in [0.25, 0.3) is 22.5 Å². The van der Waals surface area contributed by atoms with Gasteiger partial charge in [-0.1, -0.05) is 63.2 Å². The minimum Gasteiger partial charge on any atom is -0.493 e. The summed E-state index contributed by atoms with van der Waals surface area (Å²) in [6, 6.07) is 19.1. The SMILES string of the molecule is COc1ccc(-c2cnc(-c3ccc(C[C@H](NC(=O)c4ccc(C(C)(C)C)cc4)C(=O)O)cc3)nc2)cc1OC. The number of benzene rings is 3. The zero-order chi connectivity index (χ0) is 28.9. The number of aromatic nitrogens is 2. The van der Waals surface area contributed by atoms with E-state index in [1.54, 1.807) is 38.7 Å². The van der Waals surface area contributed by atoms with Crippen LogP contribution < -0.4 is 14.8 Å². The maximum atomic E-state index is 12.7. The van der Waals surface area contributed by atoms with E-state index in [1.807, 2.05) is 54.6 Å². The Morgan fingerprint density at radius 1 is 0.825 bits per heavy atom. The van der Waals surface area contributed by atoms with E-state index in [9.17, 15) is 14.7 Å². The summed E-state index contributed by atoms with van der Waals surface area (Å²) >= 11 is 0. The number of methoxy groups -OCH3 is 2. The Labute approximate surface area is 234 Å². The highest BCUT2D eigenvalue weighted by Crippen LogP contribution is 2.32. The zero-order valence-corrected chi connectivity index (χ0v) is 23.3. The largest absolute Gasteiger partial charge is 0.493 e. The zero-order valence-electron chi connectivity index (χ0n) is 23.3. The first-order valence-electron chi connectivity index (χ1n) is 12.9. The number of amides is 1. The molecule has 0 aliphatic rings. The molecule has 1 amide bonds. The second-order valence-corrected chi connectivity index (χ2v) is 10.5. The van der Waals surface area contributed by atoms with Crippen molar-refractivity contribution in [2.45, 2.75) is 38.6 Å². The predicted molar refractivity (Wildman–Crippen MR) is 154 cm³/mol. The first-order chi connectivity index (χ1) is 19.1. The molecule has 0 saturated heterocycles. The van der Waals surface area contributed by atoms with Gasteiger partial charge >= 0.3 is 5.97 Å². The lowest BCUT2D eigenvalue weighted by Crippen LogP contribution is -2.42. The summed E-state index contributed by atoms with van der Waals surface area (Å²) in [5.41, 5.74) is 4.75. The summed E-state index contributed by atoms with van der Waals surface area (Å²) in [5, 5.41) is 12.4. The Bertz CT molecular complexity index is 1480. The summed E-state index contributed by atoms with van der Waals surface area (Å²) < 4.78 is 10.7. The van der Waals surface area contributed by atoms with Crippen LogP contribution in [0.5, 0.6) is 11.5 Å². The van der Waals surface area contributed by atoms with Crippen LogP contribution in [-0.4, -0.2) is 47.2 Å². The molecule has 8 heteroatoms. The van der Waals surface area contributed by atoms with Crippen LogP contribution in [0.15, 0.2) is 79.1 Å². The van der Waals surface area contributed by atoms with Gasteiger partial charge in [-0.2, -0.15) is 0 Å². The van der Waals surface area contributed by atoms with E-state index in [4.69, 9.17) is 9.47 Å². The third kappa shape index (κ3) is 6.64. The quantitative estimate of drug-likeness (QED) is 0.287. The van der Waals surface area contributed by atoms with E-state index < -0.39 is 17.9 Å². The molecule has 3 aromatic carbocycles. The Morgan fingerprint density at radius 2 is 1.43 bits per heavy atom. The first kappa shape index (κ1) is 28.3. The third-order valence-corrected chi connectivity index (χ3v) is 6.64. The summed E-state index contributed by atoms with van der Waals surface area (Å²) in [6.07, 6.45) is 3.61. The van der Waals surface area contributed by atoms with Gasteiger partial charge in [0.25, 0.3) is 5.91 Å². The van der Waals surface area contributed by atoms with Gasteiger partial charge in [-0.15, -0.1) is 0 Å². The number of carbonyl (C=O) groups is 2. The number of hydrogen-bond acceptors (Lipinski definition) is 6. The molecule has 0 aliphatic heterocycles. The summed E-state index contributed by atoms with van der Waals surface area (Å²) in [7, 11) is 3.18. The van der Waals surface area contributed by atoms with Crippen molar-refractivity contribution in [1.29, 1.82) is 0 Å². The van der Waals surface area contributed by atoms with Crippen LogP contribution in [0.3, 0.4) is 0 Å². The second kappa shape index (κ2) is 12.0. The summed E-state index contributed by atoms with van der Waals surface area (Å²) in [5.74, 6) is 0.278. The molecule has 8 nitrogen and oxygen atoms in total. The number of hydrogen-bond donors (Lipinski definition) is 2. The number of nitrogens with zero attached hydrogens (tertiary/aromatic N) is 2. The molecule has 0 radical (unpaired) electrons. The molecule has 0 spiro atoms. The predicted octanol–water partition coefficient (Wildman–Crippen LogP) is 5.55. The van der Waals surface area contributed by atoms with Crippen LogP contribution in [0.2, 0.25) is 0 Å². The second-order valence-electron chi connectivity index (χ2n) is 10.5. The van der Waals surface area contributed by atoms with Crippen molar-refractivity contribution in [2.24, 2.45) is 0 Å². The lowest BCUT2D eigenvalue weighted by molar-refractivity contribution is -0.139. The van der Waals surface area contributed by atoms with Gasteiger partial charge in [-0.05, 0) is 46.4 Å². The van der Waals surface area contributed by atoms with Gasteiger partial charge in [0.1, 0.15) is 6.04 Å². The normalized spacial score (nSPS) is 11.9. The first-order valence-corrected chi connectivity index (χ1v) is 12.9. The van der Waals surface area contributed by atoms with Crippen molar-refractivity contribution >= 4 is 11.9 Å². The van der Waals surface area contributed by atoms with Gasteiger partial charge in [0.2, 0.25) is 0 Å². The van der Waals surface area contributed by atoms with Gasteiger partial charge in [0.05, 0.1) is 14.2 Å². The molecule has 1 heterocycles. The van der Waals surface area contributed by atoms with E-state index in [0.29, 0.717) is 22.9 Å². The lowest BCUT2D eigenvalue weighted by Gasteiger charge is -2.19. The maximum Gasteiger partial charge on any atom is 0.326 e. The standard InChI is InChI=1S/C32H33N3O5/c1-32(2,3)25-13-10-22(11-14-25)30(36)35-26(31(37)38)16-20-6-8-21(9-7-20)29-33-18-24(19-34-29)23-12-15-27(39-4)28(17-23)40-5/h6-15,17-19,26H,16H2,1-5H3,(H,35,36)(H,37,38)/t26-/m0/s1. The third-order valence-electron chi connectivity index (χ3n) is 6.64. The maximum absolute atomic E-state index is 12.7. The number of carboxylic acids is 1. The van der Waals surface area contributed by atoms with E-state index in [0.717, 1.165) is 27.8 Å². The van der Waals surface area contributed by atoms with Crippen molar-refractivity contribution < 1.29 is 24.2 Å². The molecule has 206 valence electrons. The van der Waals surface area contributed by atoms with Crippen LogP contribution in [-0.2, 0) is 16.6 Å². The van der Waals surface area contributed by atoms with Gasteiger partial charge in [0.15, 0.2) is 17.3 Å². The van der Waals surface area contributed by atoms with Crippen LogP contribution >= 0.6 is 0 Å². The fraction of sp³-hybridized carbons (Fsp3) is 0.250. The van der Waals surface area contributed by atoms with Crippen molar-refractivity contribution in [1.82, 2.24) is 15.3 Å². The molecule has 4 aromatic rings. The Kier molecular flexibility index (Phi) is 8.48. The summed E-state index contributed by atoms with van der Waals surface area (Å²) in [4.78, 5) is 33.7. The Balaban J connectivity index is 1.43. The Morgan fingerprint density at radius 3 is 1.98 bits per heavy atom. The molecule has 0 fully saturated rings. The molecule has 0 aliphatic carbocycles. The molecule has 0 bridgehead atoms. The van der Waals surface area contributed by atoms with Crippen molar-refractivity contribution in [2.75, 3.05) is 14.2 Å². The molecule has 40 heavy (non-hydrogen) atoms. The molecule has 4 rings (SSSR count). The average molecular weight is 540 g/mol. The van der Waals surface area contributed by atoms with E-state index in [-0.39, 0.29) is 11.8 Å². The molecule has 1 atom stereocenters. The van der Waals surface area contributed by atoms with Crippen molar-refractivity contribution in [3.63, 3.8) is 0 Å². The minimum absolute atomic E-state index is 0.0392. The van der Waals surface area contributed by atoms with Crippen molar-refractivity contribution in [3.8, 4) is 34.0 Å². The Hall–Kier alpha value is -4.72. The summed E-state index contributed by atoms with van der Waals surface area (Å²) in [6.45, 7) is 6.28. The van der Waals surface area contributed by atoms with Crippen LogP contribution in [0, 0.1) is 0 Å². The minimum atomic E-state index is -1.10. The van der Waals surface area contributed by atoms with Crippen molar-refractivity contribution in [3.05, 3.63) is 95.8 Å². The molecule has 0 unspecified atom stereocenters. The molecule has 0 saturated carbocycles. The number of carbonyl (C=O) groups excluding carboxylic acids is 1. The van der Waals surface area contributed by atoms with E-state index in [1.165, 1.54) is 0 Å².